The normalized spacial score (nSPS) is 16.5. The van der Waals surface area contributed by atoms with E-state index >= 15 is 0 Å². The summed E-state index contributed by atoms with van der Waals surface area (Å²) in [6.07, 6.45) is 6.46. The second kappa shape index (κ2) is 12.5. The van der Waals surface area contributed by atoms with Crippen LogP contribution in [0.1, 0.15) is 68.6 Å². The van der Waals surface area contributed by atoms with E-state index in [1.807, 2.05) is 0 Å². The average molecular weight is 710 g/mol. The van der Waals surface area contributed by atoms with Crippen molar-refractivity contribution in [2.75, 3.05) is 14.7 Å². The van der Waals surface area contributed by atoms with Gasteiger partial charge >= 0.3 is 0 Å². The number of nitrogens with zero attached hydrogens (tertiary/aromatic N) is 3. The predicted molar refractivity (Wildman–Crippen MR) is 233 cm³/mol. The summed E-state index contributed by atoms with van der Waals surface area (Å²) in [5, 5.41) is 0. The maximum atomic E-state index is 2.57. The second-order valence-electron chi connectivity index (χ2n) is 16.4. The van der Waals surface area contributed by atoms with Crippen molar-refractivity contribution in [3.05, 3.63) is 180 Å². The molecule has 1 fully saturated rings. The van der Waals surface area contributed by atoms with Crippen molar-refractivity contribution in [1.29, 1.82) is 0 Å². The van der Waals surface area contributed by atoms with Crippen LogP contribution in [0.5, 0.6) is 0 Å². The average Bonchev–Trinajstić information content (AvgIpc) is 3.24. The van der Waals surface area contributed by atoms with Gasteiger partial charge in [-0.25, -0.2) is 0 Å². The topological polar surface area (TPSA) is 9.72 Å². The van der Waals surface area contributed by atoms with Crippen molar-refractivity contribution in [3.63, 3.8) is 0 Å². The van der Waals surface area contributed by atoms with E-state index in [1.54, 1.807) is 0 Å². The van der Waals surface area contributed by atoms with Crippen molar-refractivity contribution >= 4 is 74.3 Å². The fraction of sp³-hybridized carbons (Fsp3) is 0.176. The fourth-order valence-electron chi connectivity index (χ4n) is 10.4. The standard InChI is InChI=1S/C51H44BN3/c1-51(2)40-24-12-15-27-44(40)55(45-28-16-13-25-41(45)51)39-30-31-47-43(34-39)52-42-26-14-17-29-46(42)53(37-20-8-4-9-21-37)48-32-36(35-18-6-3-7-19-35)33-49(50(48)52)54(47)38-22-10-5-11-23-38/h4-5,8-17,20-35H,3,6-7,18-19H2,1-2H3. The summed E-state index contributed by atoms with van der Waals surface area (Å²) in [6, 6.07) is 61.7. The molecule has 0 bridgehead atoms. The molecule has 0 radical (unpaired) electrons. The molecule has 0 unspecified atom stereocenters. The van der Waals surface area contributed by atoms with Crippen LogP contribution in [-0.4, -0.2) is 6.71 Å². The van der Waals surface area contributed by atoms with Crippen LogP contribution in [0.25, 0.3) is 0 Å². The molecule has 3 aliphatic heterocycles. The third-order valence-corrected chi connectivity index (χ3v) is 13.0. The largest absolute Gasteiger partial charge is 0.311 e. The van der Waals surface area contributed by atoms with Gasteiger partial charge in [0, 0.05) is 45.2 Å². The van der Waals surface area contributed by atoms with Gasteiger partial charge in [-0.3, -0.25) is 0 Å². The van der Waals surface area contributed by atoms with Crippen LogP contribution in [-0.2, 0) is 5.41 Å². The zero-order valence-electron chi connectivity index (χ0n) is 31.6. The van der Waals surface area contributed by atoms with Crippen LogP contribution >= 0.6 is 0 Å². The van der Waals surface area contributed by atoms with E-state index < -0.39 is 0 Å². The summed E-state index contributed by atoms with van der Waals surface area (Å²) in [7, 11) is 0. The monoisotopic (exact) mass is 709 g/mol. The molecule has 7 aromatic rings. The van der Waals surface area contributed by atoms with Crippen LogP contribution in [0.2, 0.25) is 0 Å². The maximum absolute atomic E-state index is 2.57. The number of hydrogen-bond acceptors (Lipinski definition) is 3. The lowest BCUT2D eigenvalue weighted by molar-refractivity contribution is 0.444. The lowest BCUT2D eigenvalue weighted by Crippen LogP contribution is -2.61. The van der Waals surface area contributed by atoms with Gasteiger partial charge in [-0.05, 0) is 125 Å². The molecule has 4 aliphatic rings. The zero-order valence-corrected chi connectivity index (χ0v) is 31.6. The Morgan fingerprint density at radius 1 is 0.436 bits per heavy atom. The highest BCUT2D eigenvalue weighted by Crippen LogP contribution is 2.53. The van der Waals surface area contributed by atoms with Gasteiger partial charge < -0.3 is 14.7 Å². The van der Waals surface area contributed by atoms with Crippen molar-refractivity contribution in [1.82, 2.24) is 0 Å². The molecular formula is C51H44BN3. The first-order chi connectivity index (χ1) is 27.1. The van der Waals surface area contributed by atoms with Crippen molar-refractivity contribution in [3.8, 4) is 0 Å². The minimum Gasteiger partial charge on any atom is -0.311 e. The maximum Gasteiger partial charge on any atom is 0.252 e. The molecule has 55 heavy (non-hydrogen) atoms. The van der Waals surface area contributed by atoms with E-state index in [2.05, 4.69) is 192 Å². The van der Waals surface area contributed by atoms with Gasteiger partial charge in [0.25, 0.3) is 6.71 Å². The summed E-state index contributed by atoms with van der Waals surface area (Å²) >= 11 is 0. The Hall–Kier alpha value is -6.00. The molecular weight excluding hydrogens is 665 g/mol. The van der Waals surface area contributed by atoms with Crippen LogP contribution in [0.15, 0.2) is 164 Å². The highest BCUT2D eigenvalue weighted by Gasteiger charge is 2.45. The van der Waals surface area contributed by atoms with E-state index in [9.17, 15) is 0 Å². The minimum atomic E-state index is -0.116. The lowest BCUT2D eigenvalue weighted by atomic mass is 9.33. The van der Waals surface area contributed by atoms with Crippen molar-refractivity contribution in [2.24, 2.45) is 0 Å². The minimum absolute atomic E-state index is 0.0585. The smallest absolute Gasteiger partial charge is 0.252 e. The van der Waals surface area contributed by atoms with Gasteiger partial charge in [-0.2, -0.15) is 0 Å². The second-order valence-corrected chi connectivity index (χ2v) is 16.4. The quantitative estimate of drug-likeness (QED) is 0.169. The SMILES string of the molecule is CC1(C)c2ccccc2N(c2ccc3c(c2)B2c4ccccc4N(c4ccccc4)c4cc(C5CCCCC5)cc(c42)N3c2ccccc2)c2ccccc21. The van der Waals surface area contributed by atoms with Gasteiger partial charge in [-0.1, -0.05) is 124 Å². The molecule has 0 saturated heterocycles. The van der Waals surface area contributed by atoms with E-state index in [0.717, 1.165) is 0 Å². The number of rotatable bonds is 4. The van der Waals surface area contributed by atoms with Crippen LogP contribution in [0, 0.1) is 0 Å². The molecule has 266 valence electrons. The Morgan fingerprint density at radius 2 is 0.927 bits per heavy atom. The highest BCUT2D eigenvalue weighted by molar-refractivity contribution is 7.00. The van der Waals surface area contributed by atoms with Gasteiger partial charge in [0.2, 0.25) is 0 Å². The predicted octanol–water partition coefficient (Wildman–Crippen LogP) is 11.9. The Labute approximate surface area is 325 Å². The molecule has 3 nitrogen and oxygen atoms in total. The molecule has 0 atom stereocenters. The Balaban J connectivity index is 1.20. The molecule has 3 heterocycles. The van der Waals surface area contributed by atoms with E-state index in [4.69, 9.17) is 0 Å². The molecule has 1 aliphatic carbocycles. The van der Waals surface area contributed by atoms with Gasteiger partial charge in [0.1, 0.15) is 0 Å². The molecule has 11 rings (SSSR count). The van der Waals surface area contributed by atoms with Crippen molar-refractivity contribution in [2.45, 2.75) is 57.3 Å². The molecule has 7 aromatic carbocycles. The Bertz CT molecular complexity index is 2520. The Kier molecular flexibility index (Phi) is 7.39. The molecule has 0 aromatic heterocycles. The van der Waals surface area contributed by atoms with E-state index in [1.165, 1.54) is 116 Å². The Morgan fingerprint density at radius 3 is 1.53 bits per heavy atom. The fourth-order valence-corrected chi connectivity index (χ4v) is 10.4. The summed E-state index contributed by atoms with van der Waals surface area (Å²) in [4.78, 5) is 7.63. The summed E-state index contributed by atoms with van der Waals surface area (Å²) in [5.74, 6) is 0.563. The summed E-state index contributed by atoms with van der Waals surface area (Å²) in [6.45, 7) is 4.79. The molecule has 1 saturated carbocycles. The van der Waals surface area contributed by atoms with Gasteiger partial charge in [0.15, 0.2) is 0 Å². The van der Waals surface area contributed by atoms with Crippen molar-refractivity contribution < 1.29 is 0 Å². The third kappa shape index (κ3) is 4.90. The number of para-hydroxylation sites is 5. The first-order valence-electron chi connectivity index (χ1n) is 20.2. The van der Waals surface area contributed by atoms with Crippen LogP contribution in [0.4, 0.5) is 51.2 Å². The lowest BCUT2D eigenvalue weighted by Gasteiger charge is -2.45. The van der Waals surface area contributed by atoms with Crippen LogP contribution in [0.3, 0.4) is 0 Å². The summed E-state index contributed by atoms with van der Waals surface area (Å²) in [5.41, 5.74) is 19.3. The zero-order chi connectivity index (χ0) is 36.7. The first kappa shape index (κ1) is 32.4. The van der Waals surface area contributed by atoms with Gasteiger partial charge in [-0.15, -0.1) is 0 Å². The molecule has 4 heteroatoms. The van der Waals surface area contributed by atoms with Crippen LogP contribution < -0.4 is 31.1 Å². The first-order valence-corrected chi connectivity index (χ1v) is 20.2. The molecule has 0 N–H and O–H groups in total. The van der Waals surface area contributed by atoms with E-state index in [-0.39, 0.29) is 12.1 Å². The summed E-state index contributed by atoms with van der Waals surface area (Å²) < 4.78 is 0. The number of anilines is 9. The molecule has 0 spiro atoms. The number of fused-ring (bicyclic) bond motifs is 6. The molecule has 0 amide bonds. The van der Waals surface area contributed by atoms with Gasteiger partial charge in [0.05, 0.1) is 11.4 Å². The number of hydrogen-bond donors (Lipinski definition) is 0. The third-order valence-electron chi connectivity index (χ3n) is 13.0. The number of benzene rings is 7. The van der Waals surface area contributed by atoms with E-state index in [0.29, 0.717) is 5.92 Å². The highest BCUT2D eigenvalue weighted by atomic mass is 15.2.